The first-order valence-electron chi connectivity index (χ1n) is 11.6. The van der Waals surface area contributed by atoms with E-state index in [2.05, 4.69) is 22.9 Å². The maximum absolute atomic E-state index is 12.4. The Hall–Kier alpha value is -3.22. The predicted molar refractivity (Wildman–Crippen MR) is 132 cm³/mol. The summed E-state index contributed by atoms with van der Waals surface area (Å²) < 4.78 is 11.6. The molecule has 0 aliphatic carbocycles. The van der Waals surface area contributed by atoms with Gasteiger partial charge in [0.05, 0.1) is 25.8 Å². The van der Waals surface area contributed by atoms with Gasteiger partial charge in [0.25, 0.3) is 0 Å². The summed E-state index contributed by atoms with van der Waals surface area (Å²) >= 11 is 0. The van der Waals surface area contributed by atoms with E-state index in [0.29, 0.717) is 24.7 Å². The Morgan fingerprint density at radius 3 is 2.12 bits per heavy atom. The molecule has 2 aromatic rings. The van der Waals surface area contributed by atoms with Gasteiger partial charge in [-0.05, 0) is 69.4 Å². The molecule has 0 spiro atoms. The lowest BCUT2D eigenvalue weighted by atomic mass is 10.1. The highest BCUT2D eigenvalue weighted by Crippen LogP contribution is 2.31. The van der Waals surface area contributed by atoms with Crippen LogP contribution in [0.2, 0.25) is 0 Å². The van der Waals surface area contributed by atoms with Crippen molar-refractivity contribution >= 4 is 17.6 Å². The van der Waals surface area contributed by atoms with Crippen LogP contribution in [0.4, 0.5) is 10.5 Å². The molecule has 0 aromatic heterocycles. The molecule has 2 aromatic carbocycles. The number of urea groups is 1. The highest BCUT2D eigenvalue weighted by Gasteiger charge is 2.15. The summed E-state index contributed by atoms with van der Waals surface area (Å²) in [7, 11) is 0. The third-order valence-corrected chi connectivity index (χ3v) is 5.09. The van der Waals surface area contributed by atoms with Crippen LogP contribution in [0.3, 0.4) is 0 Å². The minimum Gasteiger partial charge on any atom is -0.490 e. The third kappa shape index (κ3) is 8.00. The molecule has 0 fully saturated rings. The van der Waals surface area contributed by atoms with E-state index in [9.17, 15) is 9.59 Å². The van der Waals surface area contributed by atoms with E-state index in [-0.39, 0.29) is 18.5 Å². The van der Waals surface area contributed by atoms with E-state index in [4.69, 9.17) is 9.47 Å². The topological polar surface area (TPSA) is 88.7 Å². The van der Waals surface area contributed by atoms with Crippen molar-refractivity contribution in [2.45, 2.75) is 60.4 Å². The number of hydrogen-bond acceptors (Lipinski definition) is 4. The number of carbonyl (C=O) groups excluding carboxylic acids is 2. The first kappa shape index (κ1) is 26.0. The van der Waals surface area contributed by atoms with Crippen LogP contribution >= 0.6 is 0 Å². The van der Waals surface area contributed by atoms with Crippen LogP contribution in [0.25, 0.3) is 0 Å². The van der Waals surface area contributed by atoms with Gasteiger partial charge in [-0.3, -0.25) is 4.79 Å². The van der Waals surface area contributed by atoms with Crippen LogP contribution in [0.15, 0.2) is 30.3 Å². The fourth-order valence-corrected chi connectivity index (χ4v) is 3.50. The summed E-state index contributed by atoms with van der Waals surface area (Å²) in [6.45, 7) is 13.0. The molecule has 3 amide bonds. The van der Waals surface area contributed by atoms with Crippen molar-refractivity contribution < 1.29 is 19.1 Å². The van der Waals surface area contributed by atoms with Crippen LogP contribution < -0.4 is 25.4 Å². The maximum atomic E-state index is 12.4. The number of ether oxygens (including phenoxy) is 2. The lowest BCUT2D eigenvalue weighted by molar-refractivity contribution is -0.115. The summed E-state index contributed by atoms with van der Waals surface area (Å²) in [6, 6.07) is 9.00. The number of aryl methyl sites for hydroxylation is 3. The lowest BCUT2D eigenvalue weighted by Crippen LogP contribution is -2.41. The van der Waals surface area contributed by atoms with Crippen molar-refractivity contribution in [3.05, 3.63) is 52.6 Å². The number of amides is 3. The van der Waals surface area contributed by atoms with Gasteiger partial charge in [0.15, 0.2) is 11.5 Å². The molecule has 1 unspecified atom stereocenters. The van der Waals surface area contributed by atoms with Gasteiger partial charge in [0.2, 0.25) is 5.91 Å². The molecule has 1 atom stereocenters. The van der Waals surface area contributed by atoms with Crippen LogP contribution in [-0.2, 0) is 4.79 Å². The first-order valence-corrected chi connectivity index (χ1v) is 11.6. The zero-order valence-electron chi connectivity index (χ0n) is 20.6. The van der Waals surface area contributed by atoms with E-state index < -0.39 is 6.03 Å². The van der Waals surface area contributed by atoms with Gasteiger partial charge in [-0.15, -0.1) is 0 Å². The normalized spacial score (nSPS) is 11.5. The summed E-state index contributed by atoms with van der Waals surface area (Å²) in [6.07, 6.45) is 1.79. The second-order valence-corrected chi connectivity index (χ2v) is 8.27. The third-order valence-electron chi connectivity index (χ3n) is 5.09. The molecular weight excluding hydrogens is 418 g/mol. The Labute approximate surface area is 197 Å². The van der Waals surface area contributed by atoms with Gasteiger partial charge in [-0.1, -0.05) is 37.6 Å². The number of anilines is 1. The molecule has 0 saturated carbocycles. The van der Waals surface area contributed by atoms with Crippen LogP contribution in [0, 0.1) is 20.8 Å². The molecule has 2 rings (SSSR count). The molecule has 0 heterocycles. The molecule has 0 aliphatic rings. The highest BCUT2D eigenvalue weighted by atomic mass is 16.5. The van der Waals surface area contributed by atoms with Crippen molar-refractivity contribution in [1.29, 1.82) is 0 Å². The fraction of sp³-hybridized carbons (Fsp3) is 0.462. The minimum atomic E-state index is -0.419. The van der Waals surface area contributed by atoms with Gasteiger partial charge in [-0.2, -0.15) is 0 Å². The van der Waals surface area contributed by atoms with E-state index >= 15 is 0 Å². The number of rotatable bonds is 11. The number of hydrogen-bond donors (Lipinski definition) is 3. The van der Waals surface area contributed by atoms with Crippen molar-refractivity contribution in [1.82, 2.24) is 10.6 Å². The second-order valence-electron chi connectivity index (χ2n) is 8.27. The van der Waals surface area contributed by atoms with Gasteiger partial charge in [0.1, 0.15) is 0 Å². The molecule has 0 radical (unpaired) electrons. The largest absolute Gasteiger partial charge is 0.490 e. The van der Waals surface area contributed by atoms with Gasteiger partial charge < -0.3 is 25.4 Å². The smallest absolute Gasteiger partial charge is 0.315 e. The number of benzene rings is 2. The molecule has 0 aliphatic heterocycles. The fourth-order valence-electron chi connectivity index (χ4n) is 3.50. The maximum Gasteiger partial charge on any atom is 0.315 e. The predicted octanol–water partition coefficient (Wildman–Crippen LogP) is 5.19. The van der Waals surface area contributed by atoms with E-state index in [1.807, 2.05) is 65.0 Å². The van der Waals surface area contributed by atoms with E-state index in [1.54, 1.807) is 0 Å². The Morgan fingerprint density at radius 2 is 1.52 bits per heavy atom. The molecule has 7 heteroatoms. The molecule has 0 saturated heterocycles. The molecule has 33 heavy (non-hydrogen) atoms. The van der Waals surface area contributed by atoms with Gasteiger partial charge >= 0.3 is 6.03 Å². The SMILES string of the molecule is CCCOc1ccc(C(C)NC(=O)NCC(=O)Nc2c(C)cc(C)cc2C)cc1OCCC. The lowest BCUT2D eigenvalue weighted by Gasteiger charge is -2.18. The van der Waals surface area contributed by atoms with Crippen LogP contribution in [-0.4, -0.2) is 31.7 Å². The zero-order valence-corrected chi connectivity index (χ0v) is 20.6. The standard InChI is InChI=1S/C26H37N3O4/c1-7-11-32-22-10-9-21(15-23(22)33-12-8-2)20(6)28-26(31)27-16-24(30)29-25-18(4)13-17(3)14-19(25)5/h9-10,13-15,20H,7-8,11-12,16H2,1-6H3,(H,29,30)(H2,27,28,31). The van der Waals surface area contributed by atoms with Crippen molar-refractivity contribution in [3.8, 4) is 11.5 Å². The second kappa shape index (κ2) is 12.7. The number of carbonyl (C=O) groups is 2. The van der Waals surface area contributed by atoms with Gasteiger partial charge in [-0.25, -0.2) is 4.79 Å². The molecule has 0 bridgehead atoms. The Morgan fingerprint density at radius 1 is 0.909 bits per heavy atom. The Bertz CT molecular complexity index is 936. The number of nitrogens with one attached hydrogen (secondary N) is 3. The van der Waals surface area contributed by atoms with Crippen molar-refractivity contribution in [2.24, 2.45) is 0 Å². The summed E-state index contributed by atoms with van der Waals surface area (Å²) in [5.41, 5.74) is 4.79. The Balaban J connectivity index is 1.93. The quantitative estimate of drug-likeness (QED) is 0.435. The monoisotopic (exact) mass is 455 g/mol. The Kier molecular flexibility index (Phi) is 10.0. The first-order chi connectivity index (χ1) is 15.7. The molecule has 7 nitrogen and oxygen atoms in total. The van der Waals surface area contributed by atoms with Crippen molar-refractivity contribution in [2.75, 3.05) is 25.1 Å². The van der Waals surface area contributed by atoms with Gasteiger partial charge in [0, 0.05) is 5.69 Å². The summed E-state index contributed by atoms with van der Waals surface area (Å²) in [4.78, 5) is 24.7. The molecular formula is C26H37N3O4. The summed E-state index contributed by atoms with van der Waals surface area (Å²) in [5.74, 6) is 1.09. The highest BCUT2D eigenvalue weighted by molar-refractivity contribution is 5.95. The van der Waals surface area contributed by atoms with Crippen molar-refractivity contribution in [3.63, 3.8) is 0 Å². The average Bonchev–Trinajstić information content (AvgIpc) is 2.77. The van der Waals surface area contributed by atoms with Crippen LogP contribution in [0.5, 0.6) is 11.5 Å². The minimum absolute atomic E-state index is 0.125. The van der Waals surface area contributed by atoms with E-state index in [0.717, 1.165) is 40.8 Å². The molecule has 180 valence electrons. The molecule has 3 N–H and O–H groups in total. The average molecular weight is 456 g/mol. The zero-order chi connectivity index (χ0) is 24.4. The van der Waals surface area contributed by atoms with E-state index in [1.165, 1.54) is 0 Å². The summed E-state index contributed by atoms with van der Waals surface area (Å²) in [5, 5.41) is 8.37. The van der Waals surface area contributed by atoms with Crippen LogP contribution in [0.1, 0.15) is 61.9 Å².